The van der Waals surface area contributed by atoms with Gasteiger partial charge < -0.3 is 9.88 Å². The van der Waals surface area contributed by atoms with Crippen LogP contribution in [0.2, 0.25) is 0 Å². The first-order chi connectivity index (χ1) is 10.2. The van der Waals surface area contributed by atoms with Gasteiger partial charge >= 0.3 is 0 Å². The zero-order chi connectivity index (χ0) is 14.4. The highest BCUT2D eigenvalue weighted by Gasteiger charge is 2.27. The first-order valence-corrected chi connectivity index (χ1v) is 7.50. The molecule has 1 atom stereocenters. The Labute approximate surface area is 122 Å². The second kappa shape index (κ2) is 4.68. The summed E-state index contributed by atoms with van der Waals surface area (Å²) in [4.78, 5) is 12.3. The Hall–Kier alpha value is -2.18. The van der Waals surface area contributed by atoms with Crippen molar-refractivity contribution >= 4 is 5.91 Å². The number of carbonyl (C=O) groups is 1. The van der Waals surface area contributed by atoms with Crippen LogP contribution in [-0.4, -0.2) is 30.9 Å². The third kappa shape index (κ3) is 2.22. The second-order valence-electron chi connectivity index (χ2n) is 5.91. The lowest BCUT2D eigenvalue weighted by Gasteiger charge is -2.12. The number of H-pyrrole nitrogens is 1. The molecule has 1 aliphatic carbocycles. The number of rotatable bonds is 4. The van der Waals surface area contributed by atoms with E-state index in [0.717, 1.165) is 36.7 Å². The molecular weight excluding hydrogens is 268 g/mol. The molecule has 0 bridgehead atoms. The van der Waals surface area contributed by atoms with Crippen molar-refractivity contribution in [3.63, 3.8) is 0 Å². The lowest BCUT2D eigenvalue weighted by atomic mass is 10.2. The van der Waals surface area contributed by atoms with Gasteiger partial charge in [-0.15, -0.1) is 10.2 Å². The highest BCUT2D eigenvalue weighted by atomic mass is 16.2. The van der Waals surface area contributed by atoms with Crippen LogP contribution in [0.1, 0.15) is 66.0 Å². The summed E-state index contributed by atoms with van der Waals surface area (Å²) >= 11 is 0. The fourth-order valence-corrected chi connectivity index (χ4v) is 2.88. The third-order valence-corrected chi connectivity index (χ3v) is 4.22. The largest absolute Gasteiger partial charge is 0.341 e. The molecule has 2 N–H and O–H groups in total. The number of aromatic amines is 1. The van der Waals surface area contributed by atoms with E-state index in [0.29, 0.717) is 11.6 Å². The van der Waals surface area contributed by atoms with E-state index in [1.54, 1.807) is 0 Å². The molecule has 2 aromatic heterocycles. The van der Waals surface area contributed by atoms with Crippen molar-refractivity contribution in [2.45, 2.75) is 51.1 Å². The van der Waals surface area contributed by atoms with Crippen LogP contribution < -0.4 is 5.32 Å². The van der Waals surface area contributed by atoms with Crippen LogP contribution in [0, 0.1) is 0 Å². The zero-order valence-corrected chi connectivity index (χ0v) is 12.0. The van der Waals surface area contributed by atoms with Crippen molar-refractivity contribution < 1.29 is 4.79 Å². The fraction of sp³-hybridized carbons (Fsp3) is 0.571. The Morgan fingerprint density at radius 1 is 1.48 bits per heavy atom. The molecule has 1 fully saturated rings. The van der Waals surface area contributed by atoms with E-state index in [-0.39, 0.29) is 11.9 Å². The van der Waals surface area contributed by atoms with Crippen molar-refractivity contribution in [1.82, 2.24) is 30.3 Å². The Morgan fingerprint density at radius 3 is 3.14 bits per heavy atom. The predicted molar refractivity (Wildman–Crippen MR) is 74.8 cm³/mol. The van der Waals surface area contributed by atoms with Crippen LogP contribution in [0.4, 0.5) is 0 Å². The van der Waals surface area contributed by atoms with Gasteiger partial charge in [0.25, 0.3) is 5.91 Å². The molecule has 7 nitrogen and oxygen atoms in total. The van der Waals surface area contributed by atoms with Gasteiger partial charge in [-0.25, -0.2) is 0 Å². The lowest BCUT2D eigenvalue weighted by Crippen LogP contribution is -2.29. The summed E-state index contributed by atoms with van der Waals surface area (Å²) in [6.07, 6.45) is 4.44. The summed E-state index contributed by atoms with van der Waals surface area (Å²) in [5.41, 5.74) is 1.51. The highest BCUT2D eigenvalue weighted by Crippen LogP contribution is 2.39. The van der Waals surface area contributed by atoms with E-state index >= 15 is 0 Å². The molecule has 1 amide bonds. The van der Waals surface area contributed by atoms with Crippen molar-refractivity contribution in [2.24, 2.45) is 0 Å². The average Bonchev–Trinajstić information content (AvgIpc) is 2.92. The molecule has 0 saturated heterocycles. The summed E-state index contributed by atoms with van der Waals surface area (Å²) < 4.78 is 2.10. The van der Waals surface area contributed by atoms with Crippen LogP contribution in [0.25, 0.3) is 0 Å². The Bertz CT molecular complexity index is 683. The van der Waals surface area contributed by atoms with Gasteiger partial charge in [0.15, 0.2) is 5.82 Å². The minimum Gasteiger partial charge on any atom is -0.341 e. The van der Waals surface area contributed by atoms with Crippen molar-refractivity contribution in [2.75, 3.05) is 0 Å². The molecule has 4 rings (SSSR count). The lowest BCUT2D eigenvalue weighted by molar-refractivity contribution is 0.0932. The molecule has 21 heavy (non-hydrogen) atoms. The number of hydrogen-bond donors (Lipinski definition) is 2. The highest BCUT2D eigenvalue weighted by molar-refractivity contribution is 5.92. The van der Waals surface area contributed by atoms with Crippen molar-refractivity contribution in [3.8, 4) is 0 Å². The van der Waals surface area contributed by atoms with Crippen LogP contribution in [0.3, 0.4) is 0 Å². The van der Waals surface area contributed by atoms with Gasteiger partial charge in [0, 0.05) is 24.6 Å². The third-order valence-electron chi connectivity index (χ3n) is 4.22. The smallest absolute Gasteiger partial charge is 0.272 e. The molecule has 110 valence electrons. The summed E-state index contributed by atoms with van der Waals surface area (Å²) in [7, 11) is 0. The molecule has 3 heterocycles. The monoisotopic (exact) mass is 286 g/mol. The number of fused-ring (bicyclic) bond motifs is 1. The molecule has 0 radical (unpaired) electrons. The maximum Gasteiger partial charge on any atom is 0.272 e. The molecule has 2 aliphatic rings. The molecule has 1 aliphatic heterocycles. The predicted octanol–water partition coefficient (Wildman–Crippen LogP) is 1.32. The number of nitrogens with one attached hydrogen (secondary N) is 2. The van der Waals surface area contributed by atoms with Gasteiger partial charge in [-0.1, -0.05) is 0 Å². The minimum atomic E-state index is -0.169. The van der Waals surface area contributed by atoms with Gasteiger partial charge in [-0.2, -0.15) is 5.10 Å². The minimum absolute atomic E-state index is 0.166. The first-order valence-electron chi connectivity index (χ1n) is 7.50. The van der Waals surface area contributed by atoms with Crippen molar-refractivity contribution in [3.05, 3.63) is 29.1 Å². The molecule has 2 aromatic rings. The second-order valence-corrected chi connectivity index (χ2v) is 5.91. The van der Waals surface area contributed by atoms with Crippen molar-refractivity contribution in [1.29, 1.82) is 0 Å². The number of aryl methyl sites for hydroxylation is 1. The maximum atomic E-state index is 12.3. The molecule has 1 unspecified atom stereocenters. The van der Waals surface area contributed by atoms with Crippen LogP contribution in [0.15, 0.2) is 6.07 Å². The summed E-state index contributed by atoms with van der Waals surface area (Å²) in [5, 5.41) is 18.4. The molecule has 1 saturated carbocycles. The maximum absolute atomic E-state index is 12.3. The van der Waals surface area contributed by atoms with Crippen LogP contribution in [-0.2, 0) is 13.0 Å². The van der Waals surface area contributed by atoms with E-state index in [4.69, 9.17) is 0 Å². The zero-order valence-electron chi connectivity index (χ0n) is 12.0. The first kappa shape index (κ1) is 12.6. The Morgan fingerprint density at radius 2 is 2.33 bits per heavy atom. The Kier molecular flexibility index (Phi) is 2.80. The molecular formula is C14H18N6O. The Balaban J connectivity index is 1.47. The van der Waals surface area contributed by atoms with E-state index in [9.17, 15) is 4.79 Å². The van der Waals surface area contributed by atoms with Gasteiger partial charge in [-0.05, 0) is 32.3 Å². The van der Waals surface area contributed by atoms with E-state index < -0.39 is 0 Å². The SMILES string of the molecule is CC(NC(=O)c1cc(C2CC2)[nH]n1)c1nnc2n1CCC2. The molecule has 0 spiro atoms. The van der Waals surface area contributed by atoms with Crippen LogP contribution >= 0.6 is 0 Å². The quantitative estimate of drug-likeness (QED) is 0.887. The van der Waals surface area contributed by atoms with E-state index in [1.807, 2.05) is 13.0 Å². The summed E-state index contributed by atoms with van der Waals surface area (Å²) in [6.45, 7) is 2.87. The van der Waals surface area contributed by atoms with Gasteiger partial charge in [0.2, 0.25) is 0 Å². The fourth-order valence-electron chi connectivity index (χ4n) is 2.88. The molecule has 7 heteroatoms. The van der Waals surface area contributed by atoms with Gasteiger partial charge in [0.05, 0.1) is 6.04 Å². The van der Waals surface area contributed by atoms with E-state index in [1.165, 1.54) is 12.8 Å². The van der Waals surface area contributed by atoms with Crippen LogP contribution in [0.5, 0.6) is 0 Å². The normalized spacial score (nSPS) is 18.5. The number of hydrogen-bond acceptors (Lipinski definition) is 4. The number of nitrogens with zero attached hydrogens (tertiary/aromatic N) is 4. The standard InChI is InChI=1S/C14H18N6O/c1-8(13-19-18-12-3-2-6-20(12)13)15-14(21)11-7-10(16-17-11)9-4-5-9/h7-9H,2-6H2,1H3,(H,15,21)(H,16,17). The summed E-state index contributed by atoms with van der Waals surface area (Å²) in [5.74, 6) is 2.24. The van der Waals surface area contributed by atoms with Gasteiger partial charge in [-0.3, -0.25) is 9.89 Å². The molecule has 0 aromatic carbocycles. The van der Waals surface area contributed by atoms with Gasteiger partial charge in [0.1, 0.15) is 11.5 Å². The number of aromatic nitrogens is 5. The summed E-state index contributed by atoms with van der Waals surface area (Å²) in [6, 6.07) is 1.69. The number of carbonyl (C=O) groups excluding carboxylic acids is 1. The topological polar surface area (TPSA) is 88.5 Å². The van der Waals surface area contributed by atoms with E-state index in [2.05, 4.69) is 30.3 Å². The number of amides is 1. The average molecular weight is 286 g/mol.